The standard InChI is InChI=1S/C15H17N3/c1-3-9-18(4-2)15-12(10-16)11-17-14-8-6-5-7-13(14)15/h5-8,11H,3-4,9H2,1-2H3. The van der Waals surface area contributed by atoms with E-state index in [0.29, 0.717) is 5.56 Å². The van der Waals surface area contributed by atoms with Crippen LogP contribution in [0, 0.1) is 11.3 Å². The molecule has 0 radical (unpaired) electrons. The summed E-state index contributed by atoms with van der Waals surface area (Å²) < 4.78 is 0. The number of rotatable bonds is 4. The van der Waals surface area contributed by atoms with Gasteiger partial charge in [-0.3, -0.25) is 4.98 Å². The van der Waals surface area contributed by atoms with Crippen molar-refractivity contribution in [2.24, 2.45) is 0 Å². The lowest BCUT2D eigenvalue weighted by atomic mass is 10.1. The molecular formula is C15H17N3. The van der Waals surface area contributed by atoms with E-state index in [1.807, 2.05) is 24.3 Å². The molecule has 0 amide bonds. The number of benzene rings is 1. The van der Waals surface area contributed by atoms with E-state index in [9.17, 15) is 5.26 Å². The fourth-order valence-electron chi connectivity index (χ4n) is 2.25. The van der Waals surface area contributed by atoms with E-state index in [1.165, 1.54) is 0 Å². The minimum absolute atomic E-state index is 0.656. The van der Waals surface area contributed by atoms with Crippen LogP contribution in [0.4, 0.5) is 5.69 Å². The largest absolute Gasteiger partial charge is 0.370 e. The molecule has 1 aromatic heterocycles. The molecule has 0 unspecified atom stereocenters. The summed E-state index contributed by atoms with van der Waals surface area (Å²) in [7, 11) is 0. The van der Waals surface area contributed by atoms with Gasteiger partial charge in [0.2, 0.25) is 0 Å². The minimum atomic E-state index is 0.656. The fourth-order valence-corrected chi connectivity index (χ4v) is 2.25. The van der Waals surface area contributed by atoms with Crippen LogP contribution in [0.2, 0.25) is 0 Å². The normalized spacial score (nSPS) is 10.3. The number of hydrogen-bond acceptors (Lipinski definition) is 3. The van der Waals surface area contributed by atoms with Crippen molar-refractivity contribution in [1.29, 1.82) is 5.26 Å². The SMILES string of the molecule is CCCN(CC)c1c(C#N)cnc2ccccc12. The smallest absolute Gasteiger partial charge is 0.103 e. The molecule has 3 nitrogen and oxygen atoms in total. The number of pyridine rings is 1. The Bertz CT molecular complexity index is 584. The van der Waals surface area contributed by atoms with Crippen molar-refractivity contribution in [3.05, 3.63) is 36.0 Å². The van der Waals surface area contributed by atoms with Gasteiger partial charge in [-0.25, -0.2) is 0 Å². The zero-order valence-electron chi connectivity index (χ0n) is 10.8. The van der Waals surface area contributed by atoms with E-state index >= 15 is 0 Å². The number of para-hydroxylation sites is 1. The van der Waals surface area contributed by atoms with Gasteiger partial charge in [-0.2, -0.15) is 5.26 Å². The van der Waals surface area contributed by atoms with E-state index in [4.69, 9.17) is 0 Å². The predicted octanol–water partition coefficient (Wildman–Crippen LogP) is 3.34. The van der Waals surface area contributed by atoms with Gasteiger partial charge in [-0.05, 0) is 19.4 Å². The molecular weight excluding hydrogens is 222 g/mol. The van der Waals surface area contributed by atoms with Crippen LogP contribution in [0.3, 0.4) is 0 Å². The van der Waals surface area contributed by atoms with Gasteiger partial charge >= 0.3 is 0 Å². The van der Waals surface area contributed by atoms with Gasteiger partial charge in [0.15, 0.2) is 0 Å². The third-order valence-electron chi connectivity index (χ3n) is 3.06. The zero-order valence-corrected chi connectivity index (χ0v) is 10.8. The predicted molar refractivity (Wildman–Crippen MR) is 74.6 cm³/mol. The van der Waals surface area contributed by atoms with Crippen LogP contribution in [-0.2, 0) is 0 Å². The Morgan fingerprint density at radius 3 is 2.72 bits per heavy atom. The molecule has 0 bridgehead atoms. The average Bonchev–Trinajstić information content (AvgIpc) is 2.43. The van der Waals surface area contributed by atoms with E-state index < -0.39 is 0 Å². The van der Waals surface area contributed by atoms with Crippen molar-refractivity contribution in [3.63, 3.8) is 0 Å². The Hall–Kier alpha value is -2.08. The molecule has 0 aliphatic rings. The Morgan fingerprint density at radius 2 is 2.06 bits per heavy atom. The second kappa shape index (κ2) is 5.50. The van der Waals surface area contributed by atoms with Crippen molar-refractivity contribution >= 4 is 16.6 Å². The summed E-state index contributed by atoms with van der Waals surface area (Å²) in [4.78, 5) is 6.59. The second-order valence-electron chi connectivity index (χ2n) is 4.23. The molecule has 1 aromatic carbocycles. The lowest BCUT2D eigenvalue weighted by Gasteiger charge is -2.24. The molecule has 0 saturated carbocycles. The highest BCUT2D eigenvalue weighted by atomic mass is 15.1. The molecule has 0 aliphatic heterocycles. The third-order valence-corrected chi connectivity index (χ3v) is 3.06. The summed E-state index contributed by atoms with van der Waals surface area (Å²) >= 11 is 0. The zero-order chi connectivity index (χ0) is 13.0. The van der Waals surface area contributed by atoms with Crippen molar-refractivity contribution in [1.82, 2.24) is 4.98 Å². The van der Waals surface area contributed by atoms with E-state index in [-0.39, 0.29) is 0 Å². The molecule has 0 aliphatic carbocycles. The van der Waals surface area contributed by atoms with E-state index in [2.05, 4.69) is 29.8 Å². The highest BCUT2D eigenvalue weighted by molar-refractivity contribution is 5.94. The summed E-state index contributed by atoms with van der Waals surface area (Å²) in [6.45, 7) is 6.12. The van der Waals surface area contributed by atoms with Crippen molar-refractivity contribution in [2.75, 3.05) is 18.0 Å². The van der Waals surface area contributed by atoms with Crippen LogP contribution in [-0.4, -0.2) is 18.1 Å². The van der Waals surface area contributed by atoms with E-state index in [0.717, 1.165) is 36.1 Å². The quantitative estimate of drug-likeness (QED) is 0.821. The van der Waals surface area contributed by atoms with Gasteiger partial charge in [0.05, 0.1) is 16.8 Å². The Kier molecular flexibility index (Phi) is 3.78. The average molecular weight is 239 g/mol. The van der Waals surface area contributed by atoms with Crippen LogP contribution in [0.5, 0.6) is 0 Å². The molecule has 1 heterocycles. The first-order valence-corrected chi connectivity index (χ1v) is 6.34. The number of anilines is 1. The van der Waals surface area contributed by atoms with Gasteiger partial charge in [0.1, 0.15) is 6.07 Å². The van der Waals surface area contributed by atoms with Crippen LogP contribution in [0.1, 0.15) is 25.8 Å². The van der Waals surface area contributed by atoms with Crippen LogP contribution < -0.4 is 4.90 Å². The van der Waals surface area contributed by atoms with Gasteiger partial charge in [-0.1, -0.05) is 25.1 Å². The molecule has 92 valence electrons. The summed E-state index contributed by atoms with van der Waals surface area (Å²) in [6, 6.07) is 10.2. The second-order valence-corrected chi connectivity index (χ2v) is 4.23. The molecule has 0 fully saturated rings. The summed E-state index contributed by atoms with van der Waals surface area (Å²) in [5.74, 6) is 0. The van der Waals surface area contributed by atoms with Gasteiger partial charge in [0.25, 0.3) is 0 Å². The van der Waals surface area contributed by atoms with Crippen molar-refractivity contribution in [2.45, 2.75) is 20.3 Å². The maximum atomic E-state index is 9.27. The maximum Gasteiger partial charge on any atom is 0.103 e. The highest BCUT2D eigenvalue weighted by Gasteiger charge is 2.13. The molecule has 2 aromatic rings. The van der Waals surface area contributed by atoms with E-state index in [1.54, 1.807) is 6.20 Å². The lowest BCUT2D eigenvalue weighted by Crippen LogP contribution is -2.24. The molecule has 2 rings (SSSR count). The van der Waals surface area contributed by atoms with Crippen LogP contribution in [0.25, 0.3) is 10.9 Å². The first-order valence-electron chi connectivity index (χ1n) is 6.34. The van der Waals surface area contributed by atoms with Crippen LogP contribution >= 0.6 is 0 Å². The highest BCUT2D eigenvalue weighted by Crippen LogP contribution is 2.29. The summed E-state index contributed by atoms with van der Waals surface area (Å²) in [6.07, 6.45) is 2.74. The Labute approximate surface area is 108 Å². The summed E-state index contributed by atoms with van der Waals surface area (Å²) in [5.41, 5.74) is 2.62. The third kappa shape index (κ3) is 2.14. The molecule has 0 N–H and O–H groups in total. The van der Waals surface area contributed by atoms with Crippen molar-refractivity contribution in [3.8, 4) is 6.07 Å². The number of nitrogens with zero attached hydrogens (tertiary/aromatic N) is 3. The molecule has 0 saturated heterocycles. The Morgan fingerprint density at radius 1 is 1.28 bits per heavy atom. The summed E-state index contributed by atoms with van der Waals surface area (Å²) in [5, 5.41) is 10.3. The first-order chi connectivity index (χ1) is 8.81. The molecule has 0 atom stereocenters. The van der Waals surface area contributed by atoms with Gasteiger partial charge in [0, 0.05) is 24.7 Å². The molecule has 18 heavy (non-hydrogen) atoms. The van der Waals surface area contributed by atoms with Crippen molar-refractivity contribution < 1.29 is 0 Å². The van der Waals surface area contributed by atoms with Gasteiger partial charge < -0.3 is 4.90 Å². The lowest BCUT2D eigenvalue weighted by molar-refractivity contribution is 0.793. The number of hydrogen-bond donors (Lipinski definition) is 0. The Balaban J connectivity index is 2.68. The monoisotopic (exact) mass is 239 g/mol. The minimum Gasteiger partial charge on any atom is -0.370 e. The molecule has 3 heteroatoms. The van der Waals surface area contributed by atoms with Crippen LogP contribution in [0.15, 0.2) is 30.5 Å². The maximum absolute atomic E-state index is 9.27. The first kappa shape index (κ1) is 12.4. The fraction of sp³-hybridized carbons (Fsp3) is 0.333. The molecule has 0 spiro atoms. The number of nitriles is 1. The number of fused-ring (bicyclic) bond motifs is 1. The van der Waals surface area contributed by atoms with Gasteiger partial charge in [-0.15, -0.1) is 0 Å². The topological polar surface area (TPSA) is 39.9 Å². The number of aromatic nitrogens is 1.